The zero-order valence-electron chi connectivity index (χ0n) is 14.9. The number of sulfonamides is 1. The molecule has 10 heteroatoms. The summed E-state index contributed by atoms with van der Waals surface area (Å²) in [6, 6.07) is 9.28. The van der Waals surface area contributed by atoms with Crippen LogP contribution in [0, 0.1) is 0 Å². The molecule has 0 bridgehead atoms. The maximum absolute atomic E-state index is 11.6. The second-order valence-electron chi connectivity index (χ2n) is 6.28. The van der Waals surface area contributed by atoms with Gasteiger partial charge < -0.3 is 5.11 Å². The minimum absolute atomic E-state index is 0.319. The van der Waals surface area contributed by atoms with Gasteiger partial charge in [0.25, 0.3) is 0 Å². The fraction of sp³-hybridized carbons (Fsp3) is 0.353. The van der Waals surface area contributed by atoms with E-state index in [1.807, 2.05) is 30.3 Å². The molecule has 0 saturated carbocycles. The fourth-order valence-corrected chi connectivity index (χ4v) is 3.76. The molecule has 144 valence electrons. The Bertz CT molecular complexity index is 912. The van der Waals surface area contributed by atoms with Crippen molar-refractivity contribution in [1.82, 2.24) is 19.2 Å². The quantitative estimate of drug-likeness (QED) is 0.789. The third kappa shape index (κ3) is 5.00. The Morgan fingerprint density at radius 3 is 2.44 bits per heavy atom. The molecular formula is C17H21N5O4S. The van der Waals surface area contributed by atoms with Crippen molar-refractivity contribution in [3.63, 3.8) is 0 Å². The zero-order chi connectivity index (χ0) is 19.4. The van der Waals surface area contributed by atoms with Crippen molar-refractivity contribution in [3.05, 3.63) is 42.4 Å². The van der Waals surface area contributed by atoms with Gasteiger partial charge in [-0.1, -0.05) is 30.3 Å². The number of nitrogens with one attached hydrogen (secondary N) is 1. The smallest absolute Gasteiger partial charge is 0.409 e. The SMILES string of the molecule is CS(=O)(=O)N1CCN(Cc2ncc(NC(=O)O)c(-c3ccccc3)n2)CC1. The van der Waals surface area contributed by atoms with Crippen LogP contribution in [0.2, 0.25) is 0 Å². The number of carboxylic acid groups (broad SMARTS) is 1. The summed E-state index contributed by atoms with van der Waals surface area (Å²) in [6.07, 6.45) is 1.50. The summed E-state index contributed by atoms with van der Waals surface area (Å²) in [5.41, 5.74) is 1.61. The normalized spacial score (nSPS) is 16.2. The van der Waals surface area contributed by atoms with E-state index >= 15 is 0 Å². The minimum atomic E-state index is -3.17. The Balaban J connectivity index is 1.78. The molecule has 0 aliphatic carbocycles. The molecule has 2 heterocycles. The fourth-order valence-electron chi connectivity index (χ4n) is 2.94. The van der Waals surface area contributed by atoms with Gasteiger partial charge in [0.2, 0.25) is 10.0 Å². The highest BCUT2D eigenvalue weighted by atomic mass is 32.2. The number of amides is 1. The van der Waals surface area contributed by atoms with E-state index in [4.69, 9.17) is 5.11 Å². The van der Waals surface area contributed by atoms with E-state index in [1.165, 1.54) is 16.8 Å². The van der Waals surface area contributed by atoms with Crippen molar-refractivity contribution in [3.8, 4) is 11.3 Å². The van der Waals surface area contributed by atoms with Crippen molar-refractivity contribution < 1.29 is 18.3 Å². The van der Waals surface area contributed by atoms with Gasteiger partial charge in [-0.2, -0.15) is 4.31 Å². The van der Waals surface area contributed by atoms with Gasteiger partial charge in [0.15, 0.2) is 0 Å². The van der Waals surface area contributed by atoms with Crippen LogP contribution >= 0.6 is 0 Å². The van der Waals surface area contributed by atoms with Crippen LogP contribution in [0.15, 0.2) is 36.5 Å². The number of benzene rings is 1. The van der Waals surface area contributed by atoms with Gasteiger partial charge in [-0.25, -0.2) is 23.2 Å². The van der Waals surface area contributed by atoms with E-state index in [0.717, 1.165) is 5.56 Å². The zero-order valence-corrected chi connectivity index (χ0v) is 15.7. The molecule has 27 heavy (non-hydrogen) atoms. The molecule has 0 unspecified atom stereocenters. The molecule has 1 aromatic carbocycles. The van der Waals surface area contributed by atoms with Gasteiger partial charge in [-0.15, -0.1) is 0 Å². The van der Waals surface area contributed by atoms with Crippen LogP contribution in [0.1, 0.15) is 5.82 Å². The predicted molar refractivity (Wildman–Crippen MR) is 101 cm³/mol. The maximum atomic E-state index is 11.6. The molecule has 0 radical (unpaired) electrons. The summed E-state index contributed by atoms with van der Waals surface area (Å²) < 4.78 is 24.7. The Hall–Kier alpha value is -2.56. The minimum Gasteiger partial charge on any atom is -0.465 e. The van der Waals surface area contributed by atoms with Crippen molar-refractivity contribution in [2.24, 2.45) is 0 Å². The van der Waals surface area contributed by atoms with Gasteiger partial charge >= 0.3 is 6.09 Å². The first-order chi connectivity index (χ1) is 12.8. The van der Waals surface area contributed by atoms with Crippen LogP contribution in [0.3, 0.4) is 0 Å². The Labute approximate surface area is 157 Å². The summed E-state index contributed by atoms with van der Waals surface area (Å²) in [4.78, 5) is 21.9. The number of hydrogen-bond donors (Lipinski definition) is 2. The third-order valence-electron chi connectivity index (χ3n) is 4.29. The van der Waals surface area contributed by atoms with Gasteiger partial charge in [-0.3, -0.25) is 10.2 Å². The molecule has 3 rings (SSSR count). The topological polar surface area (TPSA) is 116 Å². The lowest BCUT2D eigenvalue weighted by atomic mass is 10.1. The maximum Gasteiger partial charge on any atom is 0.409 e. The van der Waals surface area contributed by atoms with Crippen molar-refractivity contribution in [1.29, 1.82) is 0 Å². The summed E-state index contributed by atoms with van der Waals surface area (Å²) >= 11 is 0. The molecule has 1 saturated heterocycles. The van der Waals surface area contributed by atoms with Crippen molar-refractivity contribution >= 4 is 21.8 Å². The lowest BCUT2D eigenvalue weighted by molar-refractivity contribution is 0.178. The van der Waals surface area contributed by atoms with E-state index in [1.54, 1.807) is 0 Å². The van der Waals surface area contributed by atoms with Gasteiger partial charge in [-0.05, 0) is 0 Å². The molecule has 2 aromatic rings. The number of piperazine rings is 1. The lowest BCUT2D eigenvalue weighted by Gasteiger charge is -2.32. The van der Waals surface area contributed by atoms with Crippen molar-refractivity contribution in [2.75, 3.05) is 37.8 Å². The number of anilines is 1. The van der Waals surface area contributed by atoms with Gasteiger partial charge in [0.1, 0.15) is 5.82 Å². The first-order valence-electron chi connectivity index (χ1n) is 8.41. The molecule has 0 atom stereocenters. The van der Waals surface area contributed by atoms with Crippen LogP contribution in [-0.2, 0) is 16.6 Å². The van der Waals surface area contributed by atoms with Crippen LogP contribution in [-0.4, -0.2) is 71.2 Å². The molecular weight excluding hydrogens is 370 g/mol. The average Bonchev–Trinajstić information content (AvgIpc) is 2.63. The number of carbonyl (C=O) groups is 1. The largest absolute Gasteiger partial charge is 0.465 e. The summed E-state index contributed by atoms with van der Waals surface area (Å²) in [5.74, 6) is 0.553. The standard InChI is InChI=1S/C17H21N5O4S/c1-27(25,26)22-9-7-21(8-10-22)12-15-18-11-14(19-17(23)24)16(20-15)13-5-3-2-4-6-13/h2-6,11,19H,7-10,12H2,1H3,(H,23,24). The lowest BCUT2D eigenvalue weighted by Crippen LogP contribution is -2.48. The molecule has 9 nitrogen and oxygen atoms in total. The van der Waals surface area contributed by atoms with Crippen molar-refractivity contribution in [2.45, 2.75) is 6.54 Å². The van der Waals surface area contributed by atoms with Crippen LogP contribution in [0.25, 0.3) is 11.3 Å². The first-order valence-corrected chi connectivity index (χ1v) is 10.3. The Morgan fingerprint density at radius 2 is 1.85 bits per heavy atom. The highest BCUT2D eigenvalue weighted by Gasteiger charge is 2.24. The Kier molecular flexibility index (Phi) is 5.68. The van der Waals surface area contributed by atoms with E-state index in [2.05, 4.69) is 20.2 Å². The second kappa shape index (κ2) is 7.99. The summed E-state index contributed by atoms with van der Waals surface area (Å²) in [7, 11) is -3.17. The van der Waals surface area contributed by atoms with E-state index < -0.39 is 16.1 Å². The monoisotopic (exact) mass is 391 g/mol. The second-order valence-corrected chi connectivity index (χ2v) is 8.27. The molecule has 1 aromatic heterocycles. The highest BCUT2D eigenvalue weighted by Crippen LogP contribution is 2.25. The molecule has 1 amide bonds. The van der Waals surface area contributed by atoms with Crippen LogP contribution < -0.4 is 5.32 Å². The summed E-state index contributed by atoms with van der Waals surface area (Å²) in [6.45, 7) is 2.51. The molecule has 0 spiro atoms. The highest BCUT2D eigenvalue weighted by molar-refractivity contribution is 7.88. The van der Waals surface area contributed by atoms with Crippen LogP contribution in [0.5, 0.6) is 0 Å². The average molecular weight is 391 g/mol. The van der Waals surface area contributed by atoms with Gasteiger partial charge in [0, 0.05) is 31.7 Å². The number of aromatic nitrogens is 2. The predicted octanol–water partition coefficient (Wildman–Crippen LogP) is 1.31. The number of rotatable bonds is 5. The first kappa shape index (κ1) is 19.2. The van der Waals surface area contributed by atoms with Gasteiger partial charge in [0.05, 0.1) is 30.4 Å². The molecule has 2 N–H and O–H groups in total. The third-order valence-corrected chi connectivity index (χ3v) is 5.60. The molecule has 1 fully saturated rings. The molecule has 1 aliphatic rings. The van der Waals surface area contributed by atoms with E-state index in [9.17, 15) is 13.2 Å². The molecule has 1 aliphatic heterocycles. The Morgan fingerprint density at radius 1 is 1.19 bits per heavy atom. The van der Waals surface area contributed by atoms with Crippen LogP contribution in [0.4, 0.5) is 10.5 Å². The van der Waals surface area contributed by atoms with E-state index in [-0.39, 0.29) is 0 Å². The number of hydrogen-bond acceptors (Lipinski definition) is 6. The summed E-state index contributed by atoms with van der Waals surface area (Å²) in [5, 5.41) is 11.4. The number of nitrogens with zero attached hydrogens (tertiary/aromatic N) is 4. The van der Waals surface area contributed by atoms with E-state index in [0.29, 0.717) is 49.9 Å².